The second kappa shape index (κ2) is 8.19. The van der Waals surface area contributed by atoms with E-state index in [1.165, 1.54) is 7.11 Å². The fourth-order valence-corrected chi connectivity index (χ4v) is 3.41. The smallest absolute Gasteiger partial charge is 0.231 e. The Morgan fingerprint density at radius 1 is 1.43 bits per heavy atom. The highest BCUT2D eigenvalue weighted by molar-refractivity contribution is 5.58. The molecule has 7 nitrogen and oxygen atoms in total. The Labute approximate surface area is 164 Å². The maximum atomic E-state index is 9.32. The summed E-state index contributed by atoms with van der Waals surface area (Å²) in [6.07, 6.45) is 14.1. The van der Waals surface area contributed by atoms with Crippen molar-refractivity contribution >= 4 is 5.69 Å². The zero-order valence-corrected chi connectivity index (χ0v) is 15.7. The summed E-state index contributed by atoms with van der Waals surface area (Å²) < 4.78 is 17.2. The van der Waals surface area contributed by atoms with Gasteiger partial charge in [-0.15, -0.1) is 0 Å². The minimum absolute atomic E-state index is 0.188. The molecule has 1 N–H and O–H groups in total. The Morgan fingerprint density at radius 2 is 2.36 bits per heavy atom. The summed E-state index contributed by atoms with van der Waals surface area (Å²) in [6, 6.07) is 3.86. The molecule has 0 unspecified atom stereocenters. The molecule has 0 amide bonds. The average molecular weight is 378 g/mol. The monoisotopic (exact) mass is 378 g/mol. The molecule has 1 saturated heterocycles. The van der Waals surface area contributed by atoms with Gasteiger partial charge in [-0.1, -0.05) is 6.08 Å². The number of methoxy groups -OCH3 is 1. The third-order valence-electron chi connectivity index (χ3n) is 4.86. The first-order valence-corrected chi connectivity index (χ1v) is 9.33. The fourth-order valence-electron chi connectivity index (χ4n) is 3.41. The second-order valence-electron chi connectivity index (χ2n) is 6.68. The van der Waals surface area contributed by atoms with E-state index in [1.807, 2.05) is 17.2 Å². The van der Waals surface area contributed by atoms with Gasteiger partial charge in [0, 0.05) is 18.3 Å². The van der Waals surface area contributed by atoms with E-state index in [9.17, 15) is 5.26 Å². The van der Waals surface area contributed by atoms with Crippen LogP contribution in [0.3, 0.4) is 0 Å². The zero-order chi connectivity index (χ0) is 19.3. The van der Waals surface area contributed by atoms with Crippen molar-refractivity contribution in [1.82, 2.24) is 10.3 Å². The lowest BCUT2D eigenvalue weighted by Crippen LogP contribution is -2.19. The molecule has 144 valence electrons. The van der Waals surface area contributed by atoms with Gasteiger partial charge in [-0.2, -0.15) is 5.26 Å². The van der Waals surface area contributed by atoms with Crippen LogP contribution in [0.1, 0.15) is 24.8 Å². The fraction of sp³-hybridized carbons (Fsp3) is 0.333. The first-order valence-electron chi connectivity index (χ1n) is 9.33. The van der Waals surface area contributed by atoms with E-state index in [-0.39, 0.29) is 6.10 Å². The van der Waals surface area contributed by atoms with Crippen molar-refractivity contribution in [1.29, 1.82) is 5.26 Å². The lowest BCUT2D eigenvalue weighted by Gasteiger charge is -2.25. The molecule has 0 spiro atoms. The Balaban J connectivity index is 1.62. The molecular weight excluding hydrogens is 356 g/mol. The number of nitrogens with one attached hydrogen (secondary N) is 1. The van der Waals surface area contributed by atoms with Crippen molar-refractivity contribution in [2.45, 2.75) is 25.4 Å². The van der Waals surface area contributed by atoms with Gasteiger partial charge in [-0.05, 0) is 37.9 Å². The van der Waals surface area contributed by atoms with Crippen LogP contribution < -0.4 is 15.0 Å². The SMILES string of the molecule is COc1ncc(N2C=COC(C3=C(O[C@H]4CCNC4)C=CCC3)=C2)cc1C#N. The van der Waals surface area contributed by atoms with Crippen LogP contribution in [0.5, 0.6) is 5.88 Å². The van der Waals surface area contributed by atoms with Crippen molar-refractivity contribution in [3.8, 4) is 11.9 Å². The van der Waals surface area contributed by atoms with Crippen LogP contribution in [-0.2, 0) is 9.47 Å². The quantitative estimate of drug-likeness (QED) is 0.843. The number of rotatable bonds is 5. The summed E-state index contributed by atoms with van der Waals surface area (Å²) in [4.78, 5) is 6.10. The highest BCUT2D eigenvalue weighted by Crippen LogP contribution is 2.32. The Morgan fingerprint density at radius 3 is 3.14 bits per heavy atom. The number of aromatic nitrogens is 1. The molecule has 28 heavy (non-hydrogen) atoms. The van der Waals surface area contributed by atoms with Crippen LogP contribution in [0.25, 0.3) is 0 Å². The van der Waals surface area contributed by atoms with Crippen molar-refractivity contribution in [3.05, 3.63) is 65.7 Å². The normalized spacial score (nSPS) is 21.2. The van der Waals surface area contributed by atoms with Gasteiger partial charge in [0.25, 0.3) is 0 Å². The molecule has 0 saturated carbocycles. The van der Waals surface area contributed by atoms with Crippen LogP contribution in [0, 0.1) is 11.3 Å². The lowest BCUT2D eigenvalue weighted by molar-refractivity contribution is 0.137. The highest BCUT2D eigenvalue weighted by Gasteiger charge is 2.23. The topological polar surface area (TPSA) is 79.6 Å². The second-order valence-corrected chi connectivity index (χ2v) is 6.68. The Bertz CT molecular complexity index is 905. The standard InChI is InChI=1S/C21H22N4O3/c1-26-21-15(11-22)10-16(12-24-21)25-8-9-27-20(14-25)18-4-2-3-5-19(18)28-17-6-7-23-13-17/h3,5,8-10,12,14,17,23H,2,4,6-7,13H2,1H3/t17-/m0/s1. The maximum Gasteiger partial charge on any atom is 0.231 e. The molecule has 4 rings (SSSR count). The van der Waals surface area contributed by atoms with Gasteiger partial charge in [0.1, 0.15) is 35.5 Å². The minimum Gasteiger partial charge on any atom is -0.489 e. The first kappa shape index (κ1) is 18.1. The molecule has 1 atom stereocenters. The highest BCUT2D eigenvalue weighted by atomic mass is 16.5. The summed E-state index contributed by atoms with van der Waals surface area (Å²) >= 11 is 0. The van der Waals surface area contributed by atoms with E-state index in [4.69, 9.17) is 14.2 Å². The van der Waals surface area contributed by atoms with Crippen LogP contribution in [0.15, 0.2) is 60.2 Å². The number of pyridine rings is 1. The molecule has 0 aromatic carbocycles. The predicted molar refractivity (Wildman–Crippen MR) is 104 cm³/mol. The Kier molecular flexibility index (Phi) is 5.31. The molecular formula is C21H22N4O3. The van der Waals surface area contributed by atoms with Gasteiger partial charge < -0.3 is 24.4 Å². The molecule has 7 heteroatoms. The van der Waals surface area contributed by atoms with Gasteiger partial charge in [0.15, 0.2) is 0 Å². The van der Waals surface area contributed by atoms with E-state index in [0.717, 1.165) is 55.1 Å². The van der Waals surface area contributed by atoms with Crippen molar-refractivity contribution in [3.63, 3.8) is 0 Å². The summed E-state index contributed by atoms with van der Waals surface area (Å²) in [5.74, 6) is 1.92. The summed E-state index contributed by atoms with van der Waals surface area (Å²) in [6.45, 7) is 1.85. The van der Waals surface area contributed by atoms with Crippen molar-refractivity contribution in [2.75, 3.05) is 25.1 Å². The molecule has 3 heterocycles. The largest absolute Gasteiger partial charge is 0.489 e. The minimum atomic E-state index is 0.188. The molecule has 0 radical (unpaired) electrons. The van der Waals surface area contributed by atoms with E-state index in [0.29, 0.717) is 11.4 Å². The Hall–Kier alpha value is -3.24. The van der Waals surface area contributed by atoms with E-state index in [2.05, 4.69) is 22.4 Å². The molecule has 1 fully saturated rings. The number of hydrogen-bond acceptors (Lipinski definition) is 7. The number of hydrogen-bond donors (Lipinski definition) is 1. The van der Waals surface area contributed by atoms with Crippen molar-refractivity contribution in [2.24, 2.45) is 0 Å². The number of allylic oxidation sites excluding steroid dienone is 3. The van der Waals surface area contributed by atoms with Gasteiger partial charge in [0.2, 0.25) is 5.88 Å². The van der Waals surface area contributed by atoms with E-state index >= 15 is 0 Å². The first-order chi connectivity index (χ1) is 13.8. The third-order valence-corrected chi connectivity index (χ3v) is 4.86. The molecule has 2 aliphatic heterocycles. The summed E-state index contributed by atoms with van der Waals surface area (Å²) in [5.41, 5.74) is 2.18. The number of anilines is 1. The number of nitriles is 1. The molecule has 1 aromatic heterocycles. The van der Waals surface area contributed by atoms with Crippen LogP contribution >= 0.6 is 0 Å². The molecule has 1 aliphatic carbocycles. The summed E-state index contributed by atoms with van der Waals surface area (Å²) in [7, 11) is 1.50. The van der Waals surface area contributed by atoms with Crippen LogP contribution in [-0.4, -0.2) is 31.3 Å². The van der Waals surface area contributed by atoms with E-state index < -0.39 is 0 Å². The van der Waals surface area contributed by atoms with Crippen LogP contribution in [0.4, 0.5) is 5.69 Å². The maximum absolute atomic E-state index is 9.32. The number of nitrogens with zero attached hydrogens (tertiary/aromatic N) is 3. The van der Waals surface area contributed by atoms with Gasteiger partial charge >= 0.3 is 0 Å². The number of ether oxygens (including phenoxy) is 3. The predicted octanol–water partition coefficient (Wildman–Crippen LogP) is 3.09. The average Bonchev–Trinajstić information content (AvgIpc) is 3.27. The van der Waals surface area contributed by atoms with Gasteiger partial charge in [-0.3, -0.25) is 0 Å². The molecule has 3 aliphatic rings. The molecule has 0 bridgehead atoms. The van der Waals surface area contributed by atoms with Gasteiger partial charge in [-0.25, -0.2) is 4.98 Å². The third kappa shape index (κ3) is 3.73. The molecule has 1 aromatic rings. The van der Waals surface area contributed by atoms with Crippen molar-refractivity contribution < 1.29 is 14.2 Å². The zero-order valence-electron chi connectivity index (χ0n) is 15.7. The summed E-state index contributed by atoms with van der Waals surface area (Å²) in [5, 5.41) is 12.6. The lowest BCUT2D eigenvalue weighted by atomic mass is 10.0. The van der Waals surface area contributed by atoms with Crippen LogP contribution in [0.2, 0.25) is 0 Å². The van der Waals surface area contributed by atoms with Gasteiger partial charge in [0.05, 0.1) is 25.2 Å². The van der Waals surface area contributed by atoms with E-state index in [1.54, 1.807) is 24.7 Å².